The van der Waals surface area contributed by atoms with Gasteiger partial charge in [-0.15, -0.1) is 0 Å². The molecule has 0 aliphatic heterocycles. The van der Waals surface area contributed by atoms with Crippen LogP contribution in [0.4, 0.5) is 5.69 Å². The van der Waals surface area contributed by atoms with E-state index >= 15 is 0 Å². The number of carboxylic acids is 1. The highest BCUT2D eigenvalue weighted by Crippen LogP contribution is 2.36. The highest BCUT2D eigenvalue weighted by Gasteiger charge is 2.16. The van der Waals surface area contributed by atoms with Crippen molar-refractivity contribution in [3.63, 3.8) is 0 Å². The zero-order valence-electron chi connectivity index (χ0n) is 11.7. The summed E-state index contributed by atoms with van der Waals surface area (Å²) in [4.78, 5) is 22.6. The van der Waals surface area contributed by atoms with Gasteiger partial charge in [0, 0.05) is 4.90 Å². The fourth-order valence-electron chi connectivity index (χ4n) is 1.83. The van der Waals surface area contributed by atoms with Crippen molar-refractivity contribution in [1.29, 1.82) is 0 Å². The highest BCUT2D eigenvalue weighted by atomic mass is 32.2. The quantitative estimate of drug-likeness (QED) is 0.648. The van der Waals surface area contributed by atoms with Crippen molar-refractivity contribution in [2.45, 2.75) is 16.2 Å². The second-order valence-corrected chi connectivity index (χ2v) is 5.52. The SMILES string of the molecule is COc1ccc(Sc2ccc(CC(=O)O)cc2)c([N+](=O)[O-])c1. The zero-order valence-corrected chi connectivity index (χ0v) is 12.5. The molecule has 1 N–H and O–H groups in total. The van der Waals surface area contributed by atoms with Gasteiger partial charge in [0.15, 0.2) is 0 Å². The van der Waals surface area contributed by atoms with Crippen molar-refractivity contribution in [3.8, 4) is 5.75 Å². The lowest BCUT2D eigenvalue weighted by Crippen LogP contribution is -1.99. The number of carbonyl (C=O) groups is 1. The molecule has 0 aromatic heterocycles. The van der Waals surface area contributed by atoms with E-state index in [2.05, 4.69) is 0 Å². The van der Waals surface area contributed by atoms with Gasteiger partial charge in [0.25, 0.3) is 5.69 Å². The van der Waals surface area contributed by atoms with Gasteiger partial charge in [-0.1, -0.05) is 23.9 Å². The summed E-state index contributed by atoms with van der Waals surface area (Å²) in [6, 6.07) is 11.6. The molecule has 2 aromatic rings. The molecule has 0 unspecified atom stereocenters. The number of rotatable bonds is 6. The molecule has 2 aromatic carbocycles. The van der Waals surface area contributed by atoms with Crippen LogP contribution in [0.5, 0.6) is 5.75 Å². The predicted octanol–water partition coefficient (Wildman–Crippen LogP) is 3.38. The van der Waals surface area contributed by atoms with Crippen molar-refractivity contribution in [3.05, 3.63) is 58.1 Å². The molecule has 0 aliphatic carbocycles. The van der Waals surface area contributed by atoms with Crippen LogP contribution >= 0.6 is 11.8 Å². The van der Waals surface area contributed by atoms with E-state index in [0.717, 1.165) is 4.90 Å². The summed E-state index contributed by atoms with van der Waals surface area (Å²) in [5.41, 5.74) is 0.653. The van der Waals surface area contributed by atoms with Crippen LogP contribution in [-0.4, -0.2) is 23.1 Å². The Kier molecular flexibility index (Phi) is 5.00. The van der Waals surface area contributed by atoms with Gasteiger partial charge in [-0.25, -0.2) is 0 Å². The summed E-state index contributed by atoms with van der Waals surface area (Å²) in [7, 11) is 1.45. The number of nitro groups is 1. The van der Waals surface area contributed by atoms with E-state index in [0.29, 0.717) is 16.2 Å². The third-order valence-electron chi connectivity index (χ3n) is 2.87. The van der Waals surface area contributed by atoms with E-state index in [1.165, 1.54) is 24.9 Å². The smallest absolute Gasteiger partial charge is 0.307 e. The molecule has 0 atom stereocenters. The lowest BCUT2D eigenvalue weighted by molar-refractivity contribution is -0.387. The van der Waals surface area contributed by atoms with Crippen LogP contribution in [0.3, 0.4) is 0 Å². The molecule has 6 nitrogen and oxygen atoms in total. The summed E-state index contributed by atoms with van der Waals surface area (Å²) in [5.74, 6) is -0.473. The van der Waals surface area contributed by atoms with E-state index in [1.54, 1.807) is 36.4 Å². The van der Waals surface area contributed by atoms with Crippen LogP contribution in [0, 0.1) is 10.1 Å². The standard InChI is InChI=1S/C15H13NO5S/c1-21-11-4-7-14(13(9-11)16(19)20)22-12-5-2-10(3-6-12)8-15(17)18/h2-7,9H,8H2,1H3,(H,17,18). The molecule has 0 saturated heterocycles. The van der Waals surface area contributed by atoms with Crippen molar-refractivity contribution in [1.82, 2.24) is 0 Å². The minimum atomic E-state index is -0.897. The van der Waals surface area contributed by atoms with E-state index in [1.807, 2.05) is 0 Å². The first-order chi connectivity index (χ1) is 10.5. The topological polar surface area (TPSA) is 89.7 Å². The van der Waals surface area contributed by atoms with Gasteiger partial charge in [0.2, 0.25) is 0 Å². The van der Waals surface area contributed by atoms with Crippen molar-refractivity contribution >= 4 is 23.4 Å². The molecule has 0 bridgehead atoms. The Balaban J connectivity index is 2.23. The van der Waals surface area contributed by atoms with Gasteiger partial charge in [-0.3, -0.25) is 14.9 Å². The number of hydrogen-bond donors (Lipinski definition) is 1. The zero-order chi connectivity index (χ0) is 16.1. The normalized spacial score (nSPS) is 10.2. The number of benzene rings is 2. The Labute approximate surface area is 130 Å². The molecule has 2 rings (SSSR count). The molecule has 0 aliphatic rings. The van der Waals surface area contributed by atoms with Gasteiger partial charge in [-0.05, 0) is 29.8 Å². The summed E-state index contributed by atoms with van der Waals surface area (Å²) in [6.45, 7) is 0. The number of carboxylic acid groups (broad SMARTS) is 1. The number of aliphatic carboxylic acids is 1. The Morgan fingerprint density at radius 3 is 2.50 bits per heavy atom. The number of ether oxygens (including phenoxy) is 1. The fraction of sp³-hybridized carbons (Fsp3) is 0.133. The lowest BCUT2D eigenvalue weighted by Gasteiger charge is -2.06. The van der Waals surface area contributed by atoms with E-state index in [-0.39, 0.29) is 12.1 Å². The lowest BCUT2D eigenvalue weighted by atomic mass is 10.2. The van der Waals surface area contributed by atoms with E-state index in [9.17, 15) is 14.9 Å². The minimum absolute atomic E-state index is 0.0287. The van der Waals surface area contributed by atoms with Crippen LogP contribution in [0.1, 0.15) is 5.56 Å². The second-order valence-electron chi connectivity index (χ2n) is 4.41. The monoisotopic (exact) mass is 319 g/mol. The maximum atomic E-state index is 11.1. The largest absolute Gasteiger partial charge is 0.497 e. The number of methoxy groups -OCH3 is 1. The molecule has 7 heteroatoms. The summed E-state index contributed by atoms with van der Waals surface area (Å²) >= 11 is 1.24. The van der Waals surface area contributed by atoms with Crippen LogP contribution in [0.25, 0.3) is 0 Å². The third-order valence-corrected chi connectivity index (χ3v) is 3.94. The Morgan fingerprint density at radius 2 is 1.95 bits per heavy atom. The summed E-state index contributed by atoms with van der Waals surface area (Å²) < 4.78 is 4.99. The first kappa shape index (κ1) is 15.8. The first-order valence-electron chi connectivity index (χ1n) is 6.30. The van der Waals surface area contributed by atoms with E-state index in [4.69, 9.17) is 9.84 Å². The maximum absolute atomic E-state index is 11.1. The molecule has 0 amide bonds. The number of nitrogens with zero attached hydrogens (tertiary/aromatic N) is 1. The molecule has 0 spiro atoms. The Morgan fingerprint density at radius 1 is 1.27 bits per heavy atom. The van der Waals surface area contributed by atoms with Gasteiger partial charge in [0.1, 0.15) is 5.75 Å². The second kappa shape index (κ2) is 6.95. The maximum Gasteiger partial charge on any atom is 0.307 e. The van der Waals surface area contributed by atoms with Crippen molar-refractivity contribution < 1.29 is 19.6 Å². The Bertz CT molecular complexity index is 700. The first-order valence-corrected chi connectivity index (χ1v) is 7.12. The highest BCUT2D eigenvalue weighted by molar-refractivity contribution is 7.99. The van der Waals surface area contributed by atoms with Gasteiger partial charge < -0.3 is 9.84 Å². The Hall–Kier alpha value is -2.54. The van der Waals surface area contributed by atoms with E-state index < -0.39 is 10.9 Å². The van der Waals surface area contributed by atoms with Gasteiger partial charge in [0.05, 0.1) is 29.4 Å². The number of nitro benzene ring substituents is 1. The average Bonchev–Trinajstić information content (AvgIpc) is 2.49. The molecule has 0 fully saturated rings. The average molecular weight is 319 g/mol. The van der Waals surface area contributed by atoms with Crippen LogP contribution in [0.2, 0.25) is 0 Å². The molecule has 114 valence electrons. The van der Waals surface area contributed by atoms with Crippen LogP contribution in [-0.2, 0) is 11.2 Å². The molecule has 22 heavy (non-hydrogen) atoms. The van der Waals surface area contributed by atoms with Gasteiger partial charge in [-0.2, -0.15) is 0 Å². The summed E-state index contributed by atoms with van der Waals surface area (Å²) in [6.07, 6.45) is -0.0480. The van der Waals surface area contributed by atoms with Crippen molar-refractivity contribution in [2.75, 3.05) is 7.11 Å². The minimum Gasteiger partial charge on any atom is -0.497 e. The molecule has 0 heterocycles. The molecule has 0 saturated carbocycles. The molecular formula is C15H13NO5S. The van der Waals surface area contributed by atoms with Crippen LogP contribution < -0.4 is 4.74 Å². The summed E-state index contributed by atoms with van der Waals surface area (Å²) in [5, 5.41) is 19.9. The number of hydrogen-bond acceptors (Lipinski definition) is 5. The van der Waals surface area contributed by atoms with Crippen molar-refractivity contribution in [2.24, 2.45) is 0 Å². The fourth-order valence-corrected chi connectivity index (χ4v) is 2.73. The third kappa shape index (κ3) is 3.98. The predicted molar refractivity (Wildman–Crippen MR) is 81.6 cm³/mol. The molecular weight excluding hydrogens is 306 g/mol. The van der Waals surface area contributed by atoms with Gasteiger partial charge >= 0.3 is 5.97 Å². The van der Waals surface area contributed by atoms with Crippen LogP contribution in [0.15, 0.2) is 52.3 Å². The molecule has 0 radical (unpaired) electrons.